The van der Waals surface area contributed by atoms with Crippen LogP contribution in [0.15, 0.2) is 36.7 Å². The number of fused-ring (bicyclic) bond motifs is 1. The number of aromatic nitrogens is 4. The molecule has 0 bridgehead atoms. The molecule has 2 aliphatic carbocycles. The Balaban J connectivity index is 1.25. The molecule has 8 heteroatoms. The molecule has 0 saturated heterocycles. The third kappa shape index (κ3) is 5.02. The predicted octanol–water partition coefficient (Wildman–Crippen LogP) is 5.66. The molecule has 2 fully saturated rings. The number of hydrogen-bond acceptors (Lipinski definition) is 6. The van der Waals surface area contributed by atoms with Crippen LogP contribution >= 0.6 is 0 Å². The number of aryl methyl sites for hydroxylation is 1. The molecule has 0 spiro atoms. The minimum Gasteiger partial charge on any atom is -0.490 e. The van der Waals surface area contributed by atoms with Crippen molar-refractivity contribution < 1.29 is 9.53 Å². The van der Waals surface area contributed by atoms with Crippen molar-refractivity contribution in [1.29, 1.82) is 0 Å². The van der Waals surface area contributed by atoms with Gasteiger partial charge in [0.1, 0.15) is 23.6 Å². The third-order valence-corrected chi connectivity index (χ3v) is 9.14. The summed E-state index contributed by atoms with van der Waals surface area (Å²) in [7, 11) is 2.00. The van der Waals surface area contributed by atoms with E-state index >= 15 is 0 Å². The van der Waals surface area contributed by atoms with E-state index < -0.39 is 0 Å². The van der Waals surface area contributed by atoms with Crippen LogP contribution in [-0.2, 0) is 24.4 Å². The monoisotopic (exact) mass is 542 g/mol. The summed E-state index contributed by atoms with van der Waals surface area (Å²) < 4.78 is 8.15. The molecule has 8 nitrogen and oxygen atoms in total. The summed E-state index contributed by atoms with van der Waals surface area (Å²) in [4.78, 5) is 18.5. The van der Waals surface area contributed by atoms with Gasteiger partial charge < -0.3 is 19.9 Å². The first-order valence-corrected chi connectivity index (χ1v) is 14.9. The SMILES string of the molecule is CC1CC(c2cccc(NC(=O)c3cc(CNC4CCCCCC4)c4c(n3)C(C)(C)CO4)c2)(c2nncn2C)C1. The maximum absolute atomic E-state index is 13.6. The molecule has 0 unspecified atom stereocenters. The van der Waals surface area contributed by atoms with Gasteiger partial charge in [0.15, 0.2) is 0 Å². The molecule has 1 aliphatic heterocycles. The van der Waals surface area contributed by atoms with Gasteiger partial charge in [-0.2, -0.15) is 0 Å². The van der Waals surface area contributed by atoms with Gasteiger partial charge in [-0.25, -0.2) is 4.98 Å². The highest BCUT2D eigenvalue weighted by Gasteiger charge is 2.48. The molecule has 1 amide bonds. The molecular formula is C32H42N6O2. The lowest BCUT2D eigenvalue weighted by atomic mass is 9.58. The maximum Gasteiger partial charge on any atom is 0.274 e. The van der Waals surface area contributed by atoms with Crippen molar-refractivity contribution in [2.75, 3.05) is 11.9 Å². The van der Waals surface area contributed by atoms with Crippen molar-refractivity contribution in [2.24, 2.45) is 13.0 Å². The van der Waals surface area contributed by atoms with Gasteiger partial charge in [0.05, 0.1) is 17.7 Å². The van der Waals surface area contributed by atoms with E-state index in [0.717, 1.165) is 46.9 Å². The fourth-order valence-corrected chi connectivity index (χ4v) is 7.00. The number of ether oxygens (including phenoxy) is 1. The standard InChI is InChI=1S/C32H42N6O2/c1-21-16-32(17-21,30-37-34-20-38(30)4)23-10-9-13-25(15-23)35-29(39)26-14-22(18-33-24-11-7-5-6-8-12-24)27-28(36-26)31(2,3)19-40-27/h9-10,13-15,20-21,24,33H,5-8,11-12,16-19H2,1-4H3,(H,35,39). The Bertz CT molecular complexity index is 1380. The van der Waals surface area contributed by atoms with E-state index in [9.17, 15) is 4.79 Å². The summed E-state index contributed by atoms with van der Waals surface area (Å²) in [5, 5.41) is 15.5. The zero-order chi connectivity index (χ0) is 27.9. The van der Waals surface area contributed by atoms with Crippen LogP contribution in [0.2, 0.25) is 0 Å². The first-order chi connectivity index (χ1) is 19.2. The first-order valence-electron chi connectivity index (χ1n) is 14.9. The second kappa shape index (κ2) is 10.6. The van der Waals surface area contributed by atoms with E-state index in [-0.39, 0.29) is 16.7 Å². The number of pyridine rings is 1. The number of amides is 1. The number of nitrogens with one attached hydrogen (secondary N) is 2. The lowest BCUT2D eigenvalue weighted by molar-refractivity contribution is 0.102. The van der Waals surface area contributed by atoms with E-state index in [1.54, 1.807) is 6.33 Å². The van der Waals surface area contributed by atoms with E-state index in [2.05, 4.69) is 53.7 Å². The number of benzene rings is 1. The summed E-state index contributed by atoms with van der Waals surface area (Å²) in [5.41, 5.74) is 3.81. The number of nitrogens with zero attached hydrogens (tertiary/aromatic N) is 4. The molecule has 40 heavy (non-hydrogen) atoms. The van der Waals surface area contributed by atoms with E-state index in [4.69, 9.17) is 9.72 Å². The van der Waals surface area contributed by atoms with Crippen LogP contribution in [0.3, 0.4) is 0 Å². The normalized spacial score (nSPS) is 24.1. The second-order valence-electron chi connectivity index (χ2n) is 13.0. The Morgan fingerprint density at radius 2 is 1.90 bits per heavy atom. The molecule has 212 valence electrons. The molecule has 3 heterocycles. The van der Waals surface area contributed by atoms with Crippen LogP contribution in [0.25, 0.3) is 0 Å². The van der Waals surface area contributed by atoms with Crippen molar-refractivity contribution in [3.05, 3.63) is 65.0 Å². The largest absolute Gasteiger partial charge is 0.490 e. The minimum atomic E-state index is -0.244. The van der Waals surface area contributed by atoms with Gasteiger partial charge in [-0.1, -0.05) is 58.6 Å². The van der Waals surface area contributed by atoms with Crippen molar-refractivity contribution in [2.45, 2.75) is 95.6 Å². The average Bonchev–Trinajstić information content (AvgIpc) is 3.36. The van der Waals surface area contributed by atoms with Gasteiger partial charge in [-0.15, -0.1) is 10.2 Å². The first kappa shape index (κ1) is 26.9. The molecule has 1 aromatic carbocycles. The van der Waals surface area contributed by atoms with Crippen molar-refractivity contribution in [1.82, 2.24) is 25.1 Å². The van der Waals surface area contributed by atoms with Gasteiger partial charge in [-0.3, -0.25) is 4.79 Å². The molecule has 3 aromatic rings. The number of anilines is 1. The highest BCUT2D eigenvalue weighted by molar-refractivity contribution is 6.03. The summed E-state index contributed by atoms with van der Waals surface area (Å²) in [6.45, 7) is 7.78. The van der Waals surface area contributed by atoms with E-state index in [1.165, 1.54) is 38.5 Å². The van der Waals surface area contributed by atoms with Crippen LogP contribution < -0.4 is 15.4 Å². The highest BCUT2D eigenvalue weighted by Crippen LogP contribution is 2.51. The summed E-state index contributed by atoms with van der Waals surface area (Å²) in [6, 6.07) is 10.6. The van der Waals surface area contributed by atoms with Crippen molar-refractivity contribution in [3.63, 3.8) is 0 Å². The molecular weight excluding hydrogens is 500 g/mol. The molecule has 6 rings (SSSR count). The quantitative estimate of drug-likeness (QED) is 0.374. The number of carbonyl (C=O) groups is 1. The van der Waals surface area contributed by atoms with Gasteiger partial charge in [0, 0.05) is 36.3 Å². The molecule has 2 saturated carbocycles. The highest BCUT2D eigenvalue weighted by atomic mass is 16.5. The van der Waals surface area contributed by atoms with Crippen LogP contribution in [0.5, 0.6) is 5.75 Å². The summed E-state index contributed by atoms with van der Waals surface area (Å²) in [5.74, 6) is 2.23. The van der Waals surface area contributed by atoms with E-state index in [0.29, 0.717) is 30.8 Å². The van der Waals surface area contributed by atoms with Gasteiger partial charge in [0.25, 0.3) is 5.91 Å². The smallest absolute Gasteiger partial charge is 0.274 e. The molecule has 0 radical (unpaired) electrons. The Labute approximate surface area is 237 Å². The zero-order valence-electron chi connectivity index (χ0n) is 24.3. The van der Waals surface area contributed by atoms with Crippen molar-refractivity contribution in [3.8, 4) is 5.75 Å². The fourth-order valence-electron chi connectivity index (χ4n) is 7.00. The number of rotatable bonds is 7. The van der Waals surface area contributed by atoms with Crippen LogP contribution in [0.4, 0.5) is 5.69 Å². The Kier molecular flexibility index (Phi) is 7.15. The lowest BCUT2D eigenvalue weighted by Gasteiger charge is -2.46. The van der Waals surface area contributed by atoms with Crippen LogP contribution in [0.1, 0.15) is 105 Å². The van der Waals surface area contributed by atoms with Gasteiger partial charge >= 0.3 is 0 Å². The Morgan fingerprint density at radius 3 is 2.60 bits per heavy atom. The average molecular weight is 543 g/mol. The molecule has 2 aromatic heterocycles. The van der Waals surface area contributed by atoms with Gasteiger partial charge in [-0.05, 0) is 55.4 Å². The Hall–Kier alpha value is -3.26. The Morgan fingerprint density at radius 1 is 1.12 bits per heavy atom. The third-order valence-electron chi connectivity index (χ3n) is 9.14. The fraction of sp³-hybridized carbons (Fsp3) is 0.562. The number of hydrogen-bond donors (Lipinski definition) is 2. The van der Waals surface area contributed by atoms with Gasteiger partial charge in [0.2, 0.25) is 0 Å². The summed E-state index contributed by atoms with van der Waals surface area (Å²) >= 11 is 0. The van der Waals surface area contributed by atoms with Crippen LogP contribution in [0, 0.1) is 5.92 Å². The maximum atomic E-state index is 13.6. The van der Waals surface area contributed by atoms with Crippen LogP contribution in [-0.4, -0.2) is 38.3 Å². The molecule has 3 aliphatic rings. The summed E-state index contributed by atoms with van der Waals surface area (Å²) in [6.07, 6.45) is 11.4. The topological polar surface area (TPSA) is 94.0 Å². The lowest BCUT2D eigenvalue weighted by Crippen LogP contribution is -2.43. The molecule has 0 atom stereocenters. The second-order valence-corrected chi connectivity index (χ2v) is 13.0. The molecule has 2 N–H and O–H groups in total. The zero-order valence-corrected chi connectivity index (χ0v) is 24.3. The number of carbonyl (C=O) groups excluding carboxylic acids is 1. The van der Waals surface area contributed by atoms with E-state index in [1.807, 2.05) is 29.8 Å². The minimum absolute atomic E-state index is 0.185. The predicted molar refractivity (Wildman–Crippen MR) is 156 cm³/mol. The van der Waals surface area contributed by atoms with Crippen molar-refractivity contribution >= 4 is 11.6 Å².